The second-order valence-electron chi connectivity index (χ2n) is 4.74. The van der Waals surface area contributed by atoms with Gasteiger partial charge in [-0.2, -0.15) is 5.10 Å². The number of nitrogens with zero attached hydrogens (tertiary/aromatic N) is 2. The third kappa shape index (κ3) is 5.40. The summed E-state index contributed by atoms with van der Waals surface area (Å²) in [6.07, 6.45) is 3.67. The Balaban J connectivity index is 2.23. The summed E-state index contributed by atoms with van der Waals surface area (Å²) in [7, 11) is 1.75. The molecule has 2 N–H and O–H groups in total. The lowest BCUT2D eigenvalue weighted by Gasteiger charge is -2.08. The second-order valence-corrected chi connectivity index (χ2v) is 4.74. The van der Waals surface area contributed by atoms with E-state index >= 15 is 0 Å². The van der Waals surface area contributed by atoms with Crippen molar-refractivity contribution < 1.29 is 14.6 Å². The minimum Gasteiger partial charge on any atom is -0.478 e. The van der Waals surface area contributed by atoms with E-state index in [0.29, 0.717) is 12.2 Å². The molecule has 1 rings (SSSR count). The summed E-state index contributed by atoms with van der Waals surface area (Å²) in [6.45, 7) is 6.17. The summed E-state index contributed by atoms with van der Waals surface area (Å²) in [5, 5.41) is 16.2. The summed E-state index contributed by atoms with van der Waals surface area (Å²) in [5.41, 5.74) is 0.962. The van der Waals surface area contributed by atoms with Crippen LogP contribution in [-0.4, -0.2) is 40.1 Å². The number of carbonyl (C=O) groups is 1. The number of hydrogen-bond acceptors (Lipinski definition) is 4. The first-order valence-electron chi connectivity index (χ1n) is 6.59. The van der Waals surface area contributed by atoms with Crippen molar-refractivity contribution in [2.45, 2.75) is 39.3 Å². The highest BCUT2D eigenvalue weighted by atomic mass is 16.5. The van der Waals surface area contributed by atoms with Gasteiger partial charge in [0.2, 0.25) is 0 Å². The Hall–Kier alpha value is -1.40. The molecule has 0 aliphatic carbocycles. The summed E-state index contributed by atoms with van der Waals surface area (Å²) in [4.78, 5) is 11.0. The summed E-state index contributed by atoms with van der Waals surface area (Å²) < 4.78 is 7.04. The van der Waals surface area contributed by atoms with Crippen molar-refractivity contribution in [2.24, 2.45) is 7.05 Å². The molecule has 0 radical (unpaired) electrons. The first-order chi connectivity index (χ1) is 9.02. The number of nitrogens with one attached hydrogen (secondary N) is 1. The Labute approximate surface area is 113 Å². The highest BCUT2D eigenvalue weighted by Gasteiger charge is 2.13. The van der Waals surface area contributed by atoms with Crippen molar-refractivity contribution in [2.75, 3.05) is 13.2 Å². The van der Waals surface area contributed by atoms with Crippen LogP contribution in [-0.2, 0) is 18.3 Å². The van der Waals surface area contributed by atoms with Gasteiger partial charge >= 0.3 is 5.97 Å². The molecule has 1 aromatic heterocycles. The predicted molar refractivity (Wildman–Crippen MR) is 72.2 cm³/mol. The van der Waals surface area contributed by atoms with Gasteiger partial charge in [-0.05, 0) is 33.2 Å². The van der Waals surface area contributed by atoms with Gasteiger partial charge in [-0.15, -0.1) is 0 Å². The third-order valence-electron chi connectivity index (χ3n) is 2.78. The molecule has 6 heteroatoms. The highest BCUT2D eigenvalue weighted by Crippen LogP contribution is 2.07. The zero-order chi connectivity index (χ0) is 14.3. The maximum Gasteiger partial charge on any atom is 0.339 e. The number of unbranched alkanes of at least 4 members (excludes halogenated alkanes) is 1. The van der Waals surface area contributed by atoms with E-state index in [9.17, 15) is 4.79 Å². The van der Waals surface area contributed by atoms with Crippen molar-refractivity contribution in [3.63, 3.8) is 0 Å². The summed E-state index contributed by atoms with van der Waals surface area (Å²) in [6, 6.07) is 0. The van der Waals surface area contributed by atoms with Crippen LogP contribution in [0.2, 0.25) is 0 Å². The molecule has 19 heavy (non-hydrogen) atoms. The minimum absolute atomic E-state index is 0.262. The number of ether oxygens (including phenoxy) is 1. The number of aryl methyl sites for hydroxylation is 1. The van der Waals surface area contributed by atoms with Gasteiger partial charge in [-0.3, -0.25) is 4.68 Å². The van der Waals surface area contributed by atoms with Crippen molar-refractivity contribution in [1.82, 2.24) is 15.1 Å². The summed E-state index contributed by atoms with van der Waals surface area (Å²) >= 11 is 0. The van der Waals surface area contributed by atoms with Crippen LogP contribution in [0.25, 0.3) is 0 Å². The molecule has 108 valence electrons. The molecule has 1 heterocycles. The Morgan fingerprint density at radius 1 is 1.53 bits per heavy atom. The fraction of sp³-hybridized carbons (Fsp3) is 0.692. The van der Waals surface area contributed by atoms with Crippen molar-refractivity contribution in [3.05, 3.63) is 17.5 Å². The number of carboxylic acid groups (broad SMARTS) is 1. The van der Waals surface area contributed by atoms with Gasteiger partial charge in [0.15, 0.2) is 0 Å². The maximum atomic E-state index is 11.0. The van der Waals surface area contributed by atoms with E-state index in [1.165, 1.54) is 6.20 Å². The van der Waals surface area contributed by atoms with Crippen LogP contribution in [0, 0.1) is 0 Å². The number of aromatic carboxylic acids is 1. The third-order valence-corrected chi connectivity index (χ3v) is 2.78. The predicted octanol–water partition coefficient (Wildman–Crippen LogP) is 1.41. The van der Waals surface area contributed by atoms with Gasteiger partial charge in [-0.1, -0.05) is 0 Å². The molecule has 0 unspecified atom stereocenters. The number of carboxylic acids is 1. The Morgan fingerprint density at radius 3 is 2.89 bits per heavy atom. The van der Waals surface area contributed by atoms with Crippen LogP contribution < -0.4 is 5.32 Å². The van der Waals surface area contributed by atoms with Crippen LogP contribution in [0.4, 0.5) is 0 Å². The normalized spacial score (nSPS) is 11.2. The molecule has 0 amide bonds. The average Bonchev–Trinajstić information content (AvgIpc) is 2.69. The number of aromatic nitrogens is 2. The van der Waals surface area contributed by atoms with E-state index in [1.54, 1.807) is 11.7 Å². The SMILES string of the molecule is CC(C)OCCCCNCc1c(C(=O)O)cnn1C. The molecule has 0 bridgehead atoms. The molecule has 6 nitrogen and oxygen atoms in total. The molecule has 0 aromatic carbocycles. The molecule has 0 aliphatic heterocycles. The van der Waals surface area contributed by atoms with Crippen LogP contribution in [0.1, 0.15) is 42.7 Å². The zero-order valence-electron chi connectivity index (χ0n) is 11.8. The molecule has 0 saturated heterocycles. The first kappa shape index (κ1) is 15.7. The van der Waals surface area contributed by atoms with Gasteiger partial charge in [0.25, 0.3) is 0 Å². The highest BCUT2D eigenvalue weighted by molar-refractivity contribution is 5.88. The molecule has 0 spiro atoms. The fourth-order valence-corrected chi connectivity index (χ4v) is 1.73. The molecule has 0 saturated carbocycles. The van der Waals surface area contributed by atoms with E-state index in [0.717, 1.165) is 26.0 Å². The topological polar surface area (TPSA) is 76.4 Å². The molecule has 1 aromatic rings. The first-order valence-corrected chi connectivity index (χ1v) is 6.59. The molecule has 0 fully saturated rings. The van der Waals surface area contributed by atoms with Crippen molar-refractivity contribution >= 4 is 5.97 Å². The quantitative estimate of drug-likeness (QED) is 0.663. The smallest absolute Gasteiger partial charge is 0.339 e. The Bertz CT molecular complexity index is 402. The standard InChI is InChI=1S/C13H23N3O3/c1-10(2)19-7-5-4-6-14-9-12-11(13(17)18)8-15-16(12)3/h8,10,14H,4-7,9H2,1-3H3,(H,17,18). The van der Waals surface area contributed by atoms with E-state index in [-0.39, 0.29) is 11.7 Å². The van der Waals surface area contributed by atoms with E-state index in [1.807, 2.05) is 13.8 Å². The van der Waals surface area contributed by atoms with Crippen LogP contribution in [0.5, 0.6) is 0 Å². The monoisotopic (exact) mass is 269 g/mol. The molecular formula is C13H23N3O3. The summed E-state index contributed by atoms with van der Waals surface area (Å²) in [5.74, 6) is -0.935. The second kappa shape index (κ2) is 7.91. The molecular weight excluding hydrogens is 246 g/mol. The fourth-order valence-electron chi connectivity index (χ4n) is 1.73. The van der Waals surface area contributed by atoms with Gasteiger partial charge in [-0.25, -0.2) is 4.79 Å². The number of hydrogen-bond donors (Lipinski definition) is 2. The maximum absolute atomic E-state index is 11.0. The lowest BCUT2D eigenvalue weighted by molar-refractivity contribution is 0.0695. The minimum atomic E-state index is -0.935. The van der Waals surface area contributed by atoms with E-state index in [4.69, 9.17) is 9.84 Å². The lowest BCUT2D eigenvalue weighted by atomic mass is 10.2. The Kier molecular flexibility index (Phi) is 6.52. The largest absolute Gasteiger partial charge is 0.478 e. The van der Waals surface area contributed by atoms with Crippen molar-refractivity contribution in [1.29, 1.82) is 0 Å². The van der Waals surface area contributed by atoms with Crippen LogP contribution in [0.15, 0.2) is 6.20 Å². The van der Waals surface area contributed by atoms with Gasteiger partial charge in [0, 0.05) is 20.2 Å². The van der Waals surface area contributed by atoms with E-state index in [2.05, 4.69) is 10.4 Å². The van der Waals surface area contributed by atoms with Crippen molar-refractivity contribution in [3.8, 4) is 0 Å². The average molecular weight is 269 g/mol. The molecule has 0 atom stereocenters. The van der Waals surface area contributed by atoms with Gasteiger partial charge in [0.05, 0.1) is 18.0 Å². The van der Waals surface area contributed by atoms with Gasteiger partial charge < -0.3 is 15.2 Å². The zero-order valence-corrected chi connectivity index (χ0v) is 11.8. The van der Waals surface area contributed by atoms with Crippen LogP contribution >= 0.6 is 0 Å². The van der Waals surface area contributed by atoms with Crippen LogP contribution in [0.3, 0.4) is 0 Å². The lowest BCUT2D eigenvalue weighted by Crippen LogP contribution is -2.19. The van der Waals surface area contributed by atoms with E-state index < -0.39 is 5.97 Å². The molecule has 0 aliphatic rings. The Morgan fingerprint density at radius 2 is 2.26 bits per heavy atom. The van der Waals surface area contributed by atoms with Gasteiger partial charge in [0.1, 0.15) is 5.56 Å². The number of rotatable bonds is 9.